The molecule has 1 atom stereocenters. The summed E-state index contributed by atoms with van der Waals surface area (Å²) in [6, 6.07) is 0.0984. The molecule has 1 N–H and O–H groups in total. The van der Waals surface area contributed by atoms with Crippen molar-refractivity contribution in [1.29, 1.82) is 0 Å². The molecule has 1 amide bonds. The lowest BCUT2D eigenvalue weighted by Crippen LogP contribution is -2.44. The first kappa shape index (κ1) is 12.1. The first-order valence-electron chi connectivity index (χ1n) is 5.83. The minimum Gasteiger partial charge on any atom is -0.352 e. The second-order valence-corrected chi connectivity index (χ2v) is 4.90. The molecule has 1 unspecified atom stereocenters. The Balaban J connectivity index is 2.48. The Kier molecular flexibility index (Phi) is 4.20. The van der Waals surface area contributed by atoms with Gasteiger partial charge in [-0.05, 0) is 19.8 Å². The van der Waals surface area contributed by atoms with Crippen molar-refractivity contribution in [3.8, 4) is 12.3 Å². The summed E-state index contributed by atoms with van der Waals surface area (Å²) in [5.74, 6) is 2.76. The molecule has 0 bridgehead atoms. The van der Waals surface area contributed by atoms with Gasteiger partial charge in [-0.25, -0.2) is 0 Å². The van der Waals surface area contributed by atoms with Crippen molar-refractivity contribution in [2.24, 2.45) is 5.41 Å². The van der Waals surface area contributed by atoms with Gasteiger partial charge in [-0.3, -0.25) is 4.79 Å². The first-order chi connectivity index (χ1) is 7.08. The summed E-state index contributed by atoms with van der Waals surface area (Å²) in [5, 5.41) is 3.01. The maximum Gasteiger partial charge on any atom is 0.226 e. The van der Waals surface area contributed by atoms with Crippen molar-refractivity contribution in [3.05, 3.63) is 0 Å². The lowest BCUT2D eigenvalue weighted by Gasteiger charge is -2.33. The van der Waals surface area contributed by atoms with Crippen LogP contribution >= 0.6 is 0 Å². The van der Waals surface area contributed by atoms with E-state index in [9.17, 15) is 4.79 Å². The molecule has 0 radical (unpaired) electrons. The van der Waals surface area contributed by atoms with E-state index in [4.69, 9.17) is 6.42 Å². The van der Waals surface area contributed by atoms with Gasteiger partial charge in [0, 0.05) is 17.9 Å². The van der Waals surface area contributed by atoms with Crippen molar-refractivity contribution in [2.75, 3.05) is 0 Å². The fourth-order valence-corrected chi connectivity index (χ4v) is 2.18. The smallest absolute Gasteiger partial charge is 0.226 e. The quantitative estimate of drug-likeness (QED) is 0.708. The Morgan fingerprint density at radius 1 is 1.47 bits per heavy atom. The van der Waals surface area contributed by atoms with E-state index in [1.54, 1.807) is 0 Å². The van der Waals surface area contributed by atoms with E-state index in [1.807, 2.05) is 6.92 Å². The zero-order valence-electron chi connectivity index (χ0n) is 9.81. The molecule has 1 aliphatic carbocycles. The van der Waals surface area contributed by atoms with Gasteiger partial charge in [0.1, 0.15) is 0 Å². The standard InChI is InChI=1S/C13H21NO/c1-4-8-11(2)14-12(15)13(3)9-6-5-7-10-13/h1,11H,5-10H2,2-3H3,(H,14,15). The van der Waals surface area contributed by atoms with Gasteiger partial charge in [0.2, 0.25) is 5.91 Å². The third-order valence-electron chi connectivity index (χ3n) is 3.31. The molecule has 1 rings (SSSR count). The maximum absolute atomic E-state index is 12.0. The van der Waals surface area contributed by atoms with Crippen LogP contribution in [0.4, 0.5) is 0 Å². The van der Waals surface area contributed by atoms with Crippen molar-refractivity contribution >= 4 is 5.91 Å². The van der Waals surface area contributed by atoms with Gasteiger partial charge in [0.05, 0.1) is 0 Å². The average Bonchev–Trinajstić information content (AvgIpc) is 2.19. The Bertz CT molecular complexity index is 258. The van der Waals surface area contributed by atoms with E-state index < -0.39 is 0 Å². The number of carbonyl (C=O) groups is 1. The minimum absolute atomic E-state index is 0.0984. The van der Waals surface area contributed by atoms with Gasteiger partial charge >= 0.3 is 0 Å². The molecular formula is C13H21NO. The molecule has 0 aliphatic heterocycles. The van der Waals surface area contributed by atoms with Gasteiger partial charge < -0.3 is 5.32 Å². The van der Waals surface area contributed by atoms with Crippen LogP contribution < -0.4 is 5.32 Å². The highest BCUT2D eigenvalue weighted by atomic mass is 16.2. The largest absolute Gasteiger partial charge is 0.352 e. The second-order valence-electron chi connectivity index (χ2n) is 4.90. The monoisotopic (exact) mass is 207 g/mol. The van der Waals surface area contributed by atoms with E-state index in [0.717, 1.165) is 12.8 Å². The topological polar surface area (TPSA) is 29.1 Å². The fourth-order valence-electron chi connectivity index (χ4n) is 2.18. The molecule has 0 aromatic heterocycles. The maximum atomic E-state index is 12.0. The molecule has 0 spiro atoms. The highest BCUT2D eigenvalue weighted by molar-refractivity contribution is 5.82. The SMILES string of the molecule is C#CCC(C)NC(=O)C1(C)CCCCC1. The molecule has 0 aromatic rings. The third-order valence-corrected chi connectivity index (χ3v) is 3.31. The van der Waals surface area contributed by atoms with E-state index in [2.05, 4.69) is 18.2 Å². The zero-order chi connectivity index (χ0) is 11.3. The van der Waals surface area contributed by atoms with E-state index in [1.165, 1.54) is 19.3 Å². The molecule has 2 heteroatoms. The molecule has 2 nitrogen and oxygen atoms in total. The third kappa shape index (κ3) is 3.27. The second kappa shape index (κ2) is 5.21. The summed E-state index contributed by atoms with van der Waals surface area (Å²) in [5.41, 5.74) is -0.152. The number of amides is 1. The van der Waals surface area contributed by atoms with Gasteiger partial charge in [0.25, 0.3) is 0 Å². The molecule has 0 saturated heterocycles. The summed E-state index contributed by atoms with van der Waals surface area (Å²) in [7, 11) is 0. The number of nitrogens with one attached hydrogen (secondary N) is 1. The molecule has 15 heavy (non-hydrogen) atoms. The number of hydrogen-bond acceptors (Lipinski definition) is 1. The average molecular weight is 207 g/mol. The van der Waals surface area contributed by atoms with E-state index >= 15 is 0 Å². The van der Waals surface area contributed by atoms with Crippen LogP contribution in [0.15, 0.2) is 0 Å². The van der Waals surface area contributed by atoms with Crippen LogP contribution in [0.1, 0.15) is 52.4 Å². The highest BCUT2D eigenvalue weighted by Gasteiger charge is 2.34. The number of terminal acetylenes is 1. The summed E-state index contributed by atoms with van der Waals surface area (Å²) in [6.07, 6.45) is 11.5. The molecule has 0 heterocycles. The predicted molar refractivity (Wildman–Crippen MR) is 62.2 cm³/mol. The van der Waals surface area contributed by atoms with E-state index in [0.29, 0.717) is 6.42 Å². The van der Waals surface area contributed by atoms with Gasteiger partial charge in [0.15, 0.2) is 0 Å². The van der Waals surface area contributed by atoms with Gasteiger partial charge in [-0.1, -0.05) is 26.2 Å². The van der Waals surface area contributed by atoms with Crippen LogP contribution in [-0.4, -0.2) is 11.9 Å². The highest BCUT2D eigenvalue weighted by Crippen LogP contribution is 2.35. The normalized spacial score (nSPS) is 21.4. The Labute approximate surface area is 92.8 Å². The summed E-state index contributed by atoms with van der Waals surface area (Å²) in [6.45, 7) is 4.04. The Morgan fingerprint density at radius 2 is 2.07 bits per heavy atom. The van der Waals surface area contributed by atoms with Crippen LogP contribution in [0, 0.1) is 17.8 Å². The van der Waals surface area contributed by atoms with Crippen molar-refractivity contribution < 1.29 is 4.79 Å². The molecule has 0 aromatic carbocycles. The van der Waals surface area contributed by atoms with Crippen LogP contribution in [-0.2, 0) is 4.79 Å². The molecule has 1 fully saturated rings. The van der Waals surface area contributed by atoms with Crippen LogP contribution in [0.25, 0.3) is 0 Å². The lowest BCUT2D eigenvalue weighted by atomic mass is 9.75. The minimum atomic E-state index is -0.152. The lowest BCUT2D eigenvalue weighted by molar-refractivity contribution is -0.132. The summed E-state index contributed by atoms with van der Waals surface area (Å²) >= 11 is 0. The van der Waals surface area contributed by atoms with Crippen molar-refractivity contribution in [1.82, 2.24) is 5.32 Å². The summed E-state index contributed by atoms with van der Waals surface area (Å²) in [4.78, 5) is 12.0. The molecular weight excluding hydrogens is 186 g/mol. The van der Waals surface area contributed by atoms with Crippen LogP contribution in [0.2, 0.25) is 0 Å². The zero-order valence-corrected chi connectivity index (χ0v) is 9.81. The number of hydrogen-bond donors (Lipinski definition) is 1. The molecule has 84 valence electrons. The molecule has 1 aliphatic rings. The van der Waals surface area contributed by atoms with Crippen LogP contribution in [0.5, 0.6) is 0 Å². The van der Waals surface area contributed by atoms with E-state index in [-0.39, 0.29) is 17.4 Å². The number of rotatable bonds is 3. The Morgan fingerprint density at radius 3 is 2.60 bits per heavy atom. The summed E-state index contributed by atoms with van der Waals surface area (Å²) < 4.78 is 0. The van der Waals surface area contributed by atoms with Gasteiger partial charge in [-0.15, -0.1) is 12.3 Å². The van der Waals surface area contributed by atoms with Crippen molar-refractivity contribution in [2.45, 2.75) is 58.4 Å². The molecule has 1 saturated carbocycles. The first-order valence-corrected chi connectivity index (χ1v) is 5.83. The fraction of sp³-hybridized carbons (Fsp3) is 0.769. The van der Waals surface area contributed by atoms with Gasteiger partial charge in [-0.2, -0.15) is 0 Å². The van der Waals surface area contributed by atoms with Crippen molar-refractivity contribution in [3.63, 3.8) is 0 Å². The number of carbonyl (C=O) groups excluding carboxylic acids is 1. The predicted octanol–water partition coefficient (Wildman–Crippen LogP) is 2.48. The van der Waals surface area contributed by atoms with Crippen LogP contribution in [0.3, 0.4) is 0 Å². The Hall–Kier alpha value is -0.970.